The van der Waals surface area contributed by atoms with E-state index in [1.165, 1.54) is 0 Å². The fourth-order valence-corrected chi connectivity index (χ4v) is 2.07. The molecule has 0 heterocycles. The Labute approximate surface area is 72.4 Å². The standard InChI is InChI=1S/C9H16O3/c1-2-4-7-5-3-6-9(7,12)8(10)11/h7,12H,2-6H2,1H3,(H,10,11). The minimum atomic E-state index is -1.42. The van der Waals surface area contributed by atoms with Gasteiger partial charge in [0.25, 0.3) is 0 Å². The first-order chi connectivity index (χ1) is 5.61. The third-order valence-corrected chi connectivity index (χ3v) is 2.79. The summed E-state index contributed by atoms with van der Waals surface area (Å²) < 4.78 is 0. The smallest absolute Gasteiger partial charge is 0.335 e. The molecule has 2 atom stereocenters. The zero-order valence-corrected chi connectivity index (χ0v) is 7.42. The molecule has 0 aromatic carbocycles. The van der Waals surface area contributed by atoms with Crippen LogP contribution in [-0.4, -0.2) is 21.8 Å². The van der Waals surface area contributed by atoms with Gasteiger partial charge in [-0.25, -0.2) is 4.79 Å². The lowest BCUT2D eigenvalue weighted by molar-refractivity contribution is -0.162. The summed E-state index contributed by atoms with van der Waals surface area (Å²) >= 11 is 0. The lowest BCUT2D eigenvalue weighted by atomic mass is 9.87. The van der Waals surface area contributed by atoms with Gasteiger partial charge in [-0.1, -0.05) is 13.3 Å². The maximum atomic E-state index is 10.8. The molecule has 2 N–H and O–H groups in total. The Morgan fingerprint density at radius 2 is 2.33 bits per heavy atom. The van der Waals surface area contributed by atoms with E-state index in [2.05, 4.69) is 0 Å². The molecule has 0 radical (unpaired) electrons. The zero-order valence-electron chi connectivity index (χ0n) is 7.42. The lowest BCUT2D eigenvalue weighted by Crippen LogP contribution is -2.41. The number of rotatable bonds is 3. The molecule has 0 aliphatic heterocycles. The number of hydrogen-bond donors (Lipinski definition) is 2. The van der Waals surface area contributed by atoms with Crippen molar-refractivity contribution in [1.82, 2.24) is 0 Å². The number of carbonyl (C=O) groups is 1. The number of carboxylic acid groups (broad SMARTS) is 1. The van der Waals surface area contributed by atoms with Crippen LogP contribution < -0.4 is 0 Å². The molecule has 0 bridgehead atoms. The second-order valence-corrected chi connectivity index (χ2v) is 3.61. The van der Waals surface area contributed by atoms with Gasteiger partial charge in [0.1, 0.15) is 0 Å². The number of aliphatic hydroxyl groups is 1. The van der Waals surface area contributed by atoms with Crippen LogP contribution in [0.2, 0.25) is 0 Å². The summed E-state index contributed by atoms with van der Waals surface area (Å²) in [7, 11) is 0. The molecule has 12 heavy (non-hydrogen) atoms. The van der Waals surface area contributed by atoms with Crippen LogP contribution in [0, 0.1) is 5.92 Å². The molecule has 1 saturated carbocycles. The summed E-state index contributed by atoms with van der Waals surface area (Å²) in [4.78, 5) is 10.8. The van der Waals surface area contributed by atoms with Gasteiger partial charge in [0.15, 0.2) is 5.60 Å². The Morgan fingerprint density at radius 1 is 1.67 bits per heavy atom. The van der Waals surface area contributed by atoms with E-state index in [1.807, 2.05) is 6.92 Å². The van der Waals surface area contributed by atoms with Crippen molar-refractivity contribution in [2.45, 2.75) is 44.6 Å². The summed E-state index contributed by atoms with van der Waals surface area (Å²) in [6, 6.07) is 0. The molecule has 1 aliphatic carbocycles. The van der Waals surface area contributed by atoms with Gasteiger partial charge in [-0.3, -0.25) is 0 Å². The van der Waals surface area contributed by atoms with E-state index in [0.717, 1.165) is 25.7 Å². The zero-order chi connectivity index (χ0) is 9.19. The quantitative estimate of drug-likeness (QED) is 0.676. The second-order valence-electron chi connectivity index (χ2n) is 3.61. The Bertz CT molecular complexity index is 179. The molecule has 0 spiro atoms. The van der Waals surface area contributed by atoms with E-state index < -0.39 is 11.6 Å². The van der Waals surface area contributed by atoms with E-state index >= 15 is 0 Å². The van der Waals surface area contributed by atoms with Crippen molar-refractivity contribution >= 4 is 5.97 Å². The average Bonchev–Trinajstić information content (AvgIpc) is 2.35. The molecule has 1 rings (SSSR count). The van der Waals surface area contributed by atoms with Gasteiger partial charge in [-0.05, 0) is 31.6 Å². The number of aliphatic carboxylic acids is 1. The Kier molecular flexibility index (Phi) is 2.73. The van der Waals surface area contributed by atoms with Crippen LogP contribution >= 0.6 is 0 Å². The topological polar surface area (TPSA) is 57.5 Å². The van der Waals surface area contributed by atoms with Crippen molar-refractivity contribution in [3.63, 3.8) is 0 Å². The summed E-state index contributed by atoms with van der Waals surface area (Å²) in [6.07, 6.45) is 3.89. The largest absolute Gasteiger partial charge is 0.479 e. The van der Waals surface area contributed by atoms with Crippen molar-refractivity contribution in [3.05, 3.63) is 0 Å². The Balaban J connectivity index is 2.67. The van der Waals surface area contributed by atoms with Crippen LogP contribution in [0.3, 0.4) is 0 Å². The normalized spacial score (nSPS) is 35.3. The molecule has 1 fully saturated rings. The predicted molar refractivity (Wildman–Crippen MR) is 44.8 cm³/mol. The van der Waals surface area contributed by atoms with Gasteiger partial charge >= 0.3 is 5.97 Å². The fraction of sp³-hybridized carbons (Fsp3) is 0.889. The second kappa shape index (κ2) is 3.44. The SMILES string of the molecule is CCCC1CCCC1(O)C(=O)O. The molecule has 0 aromatic rings. The minimum absolute atomic E-state index is 0.0278. The highest BCUT2D eigenvalue weighted by Crippen LogP contribution is 2.38. The van der Waals surface area contributed by atoms with E-state index in [4.69, 9.17) is 5.11 Å². The van der Waals surface area contributed by atoms with Gasteiger partial charge in [0, 0.05) is 0 Å². The maximum Gasteiger partial charge on any atom is 0.335 e. The van der Waals surface area contributed by atoms with Crippen molar-refractivity contribution in [2.24, 2.45) is 5.92 Å². The molecule has 1 aliphatic rings. The van der Waals surface area contributed by atoms with Gasteiger partial charge in [-0.15, -0.1) is 0 Å². The molecule has 0 saturated heterocycles. The van der Waals surface area contributed by atoms with Crippen LogP contribution in [0.4, 0.5) is 0 Å². The van der Waals surface area contributed by atoms with Crippen LogP contribution in [0.1, 0.15) is 39.0 Å². The highest BCUT2D eigenvalue weighted by Gasteiger charge is 2.46. The third kappa shape index (κ3) is 1.46. The van der Waals surface area contributed by atoms with E-state index in [0.29, 0.717) is 6.42 Å². The van der Waals surface area contributed by atoms with Crippen LogP contribution in [0.25, 0.3) is 0 Å². The Hall–Kier alpha value is -0.570. The number of hydrogen-bond acceptors (Lipinski definition) is 2. The summed E-state index contributed by atoms with van der Waals surface area (Å²) in [5.74, 6) is -1.07. The highest BCUT2D eigenvalue weighted by molar-refractivity contribution is 5.77. The van der Waals surface area contributed by atoms with E-state index in [-0.39, 0.29) is 5.92 Å². The maximum absolute atomic E-state index is 10.8. The van der Waals surface area contributed by atoms with Gasteiger partial charge in [-0.2, -0.15) is 0 Å². The average molecular weight is 172 g/mol. The molecule has 2 unspecified atom stereocenters. The molecular weight excluding hydrogens is 156 g/mol. The predicted octanol–water partition coefficient (Wildman–Crippen LogP) is 1.40. The van der Waals surface area contributed by atoms with E-state index in [1.54, 1.807) is 0 Å². The Morgan fingerprint density at radius 3 is 2.83 bits per heavy atom. The lowest BCUT2D eigenvalue weighted by Gasteiger charge is -2.24. The monoisotopic (exact) mass is 172 g/mol. The minimum Gasteiger partial charge on any atom is -0.479 e. The van der Waals surface area contributed by atoms with Crippen LogP contribution in [0.5, 0.6) is 0 Å². The fourth-order valence-electron chi connectivity index (χ4n) is 2.07. The molecule has 3 heteroatoms. The summed E-state index contributed by atoms with van der Waals surface area (Å²) in [6.45, 7) is 2.01. The summed E-state index contributed by atoms with van der Waals surface area (Å²) in [5, 5.41) is 18.6. The molecule has 3 nitrogen and oxygen atoms in total. The van der Waals surface area contributed by atoms with Crippen LogP contribution in [0.15, 0.2) is 0 Å². The highest BCUT2D eigenvalue weighted by atomic mass is 16.4. The van der Waals surface area contributed by atoms with Crippen molar-refractivity contribution in [1.29, 1.82) is 0 Å². The molecule has 0 amide bonds. The van der Waals surface area contributed by atoms with Crippen molar-refractivity contribution < 1.29 is 15.0 Å². The first kappa shape index (κ1) is 9.52. The van der Waals surface area contributed by atoms with Gasteiger partial charge < -0.3 is 10.2 Å². The molecule has 70 valence electrons. The third-order valence-electron chi connectivity index (χ3n) is 2.79. The van der Waals surface area contributed by atoms with Crippen molar-refractivity contribution in [3.8, 4) is 0 Å². The van der Waals surface area contributed by atoms with Gasteiger partial charge in [0.05, 0.1) is 0 Å². The number of carboxylic acids is 1. The first-order valence-corrected chi connectivity index (χ1v) is 4.57. The first-order valence-electron chi connectivity index (χ1n) is 4.57. The summed E-state index contributed by atoms with van der Waals surface area (Å²) in [5.41, 5.74) is -1.42. The van der Waals surface area contributed by atoms with Gasteiger partial charge in [0.2, 0.25) is 0 Å². The van der Waals surface area contributed by atoms with Crippen molar-refractivity contribution in [2.75, 3.05) is 0 Å². The molecule has 0 aromatic heterocycles. The molecular formula is C9H16O3. The van der Waals surface area contributed by atoms with Crippen LogP contribution in [-0.2, 0) is 4.79 Å². The van der Waals surface area contributed by atoms with E-state index in [9.17, 15) is 9.90 Å².